The lowest BCUT2D eigenvalue weighted by molar-refractivity contribution is -0.118. The number of carbonyl (C=O) groups is 1. The maximum Gasteiger partial charge on any atom is 0.230 e. The van der Waals surface area contributed by atoms with Gasteiger partial charge in [-0.1, -0.05) is 17.8 Å². The van der Waals surface area contributed by atoms with Crippen LogP contribution < -0.4 is 5.32 Å². The number of rotatable bonds is 6. The van der Waals surface area contributed by atoms with Crippen LogP contribution in [0.4, 0.5) is 0 Å². The maximum absolute atomic E-state index is 11.7. The van der Waals surface area contributed by atoms with Gasteiger partial charge >= 0.3 is 0 Å². The molecule has 1 aromatic heterocycles. The van der Waals surface area contributed by atoms with Crippen LogP contribution in [0.25, 0.3) is 5.69 Å². The molecule has 0 unspecified atom stereocenters. The van der Waals surface area contributed by atoms with Crippen molar-refractivity contribution in [1.29, 1.82) is 5.26 Å². The quantitative estimate of drug-likeness (QED) is 0.657. The molecule has 2 aromatic rings. The summed E-state index contributed by atoms with van der Waals surface area (Å²) in [6.45, 7) is 4.51. The number of benzene rings is 1. The Bertz CT molecular complexity index is 682. The Balaban J connectivity index is 2.04. The fourth-order valence-corrected chi connectivity index (χ4v) is 2.92. The molecule has 0 atom stereocenters. The number of hydrogen-bond donors (Lipinski definition) is 1. The highest BCUT2D eigenvalue weighted by Crippen LogP contribution is 2.21. The Morgan fingerprint density at radius 2 is 2.09 bits per heavy atom. The highest BCUT2D eigenvalue weighted by atomic mass is 32.2. The fourth-order valence-electron chi connectivity index (χ4n) is 2.12. The smallest absolute Gasteiger partial charge is 0.230 e. The molecule has 114 valence electrons. The Kier molecular flexibility index (Phi) is 5.61. The monoisotopic (exact) mass is 314 g/mol. The molecule has 0 saturated carbocycles. The molecule has 0 aliphatic heterocycles. The van der Waals surface area contributed by atoms with Gasteiger partial charge in [-0.3, -0.25) is 9.36 Å². The zero-order valence-corrected chi connectivity index (χ0v) is 13.5. The van der Waals surface area contributed by atoms with E-state index in [9.17, 15) is 4.79 Å². The minimum absolute atomic E-state index is 0.0878. The summed E-state index contributed by atoms with van der Waals surface area (Å²) in [6, 6.07) is 8.29. The Labute approximate surface area is 134 Å². The third-order valence-corrected chi connectivity index (χ3v) is 3.95. The molecule has 1 N–H and O–H groups in total. The van der Waals surface area contributed by atoms with Crippen molar-refractivity contribution in [3.05, 3.63) is 41.7 Å². The first-order valence-corrected chi connectivity index (χ1v) is 7.97. The molecule has 1 amide bonds. The van der Waals surface area contributed by atoms with Gasteiger partial charge in [0, 0.05) is 24.6 Å². The van der Waals surface area contributed by atoms with E-state index < -0.39 is 0 Å². The van der Waals surface area contributed by atoms with Crippen LogP contribution in [-0.2, 0) is 4.79 Å². The highest BCUT2D eigenvalue weighted by molar-refractivity contribution is 7.99. The van der Waals surface area contributed by atoms with Crippen LogP contribution in [-0.4, -0.2) is 27.8 Å². The second-order valence-corrected chi connectivity index (χ2v) is 5.91. The SMILES string of the molecule is Cc1cc(C)cc(-n2ccnc2SCC(=O)NCCC#N)c1. The molecule has 0 bridgehead atoms. The van der Waals surface area contributed by atoms with E-state index in [0.29, 0.717) is 13.0 Å². The molecule has 0 fully saturated rings. The van der Waals surface area contributed by atoms with Crippen molar-refractivity contribution >= 4 is 17.7 Å². The number of thioether (sulfide) groups is 1. The number of aryl methyl sites for hydroxylation is 2. The van der Waals surface area contributed by atoms with Crippen molar-refractivity contribution in [1.82, 2.24) is 14.9 Å². The van der Waals surface area contributed by atoms with Gasteiger partial charge in [0.15, 0.2) is 5.16 Å². The number of aromatic nitrogens is 2. The van der Waals surface area contributed by atoms with Crippen LogP contribution in [0, 0.1) is 25.2 Å². The minimum Gasteiger partial charge on any atom is -0.354 e. The number of carbonyl (C=O) groups excluding carboxylic acids is 1. The van der Waals surface area contributed by atoms with Gasteiger partial charge in [0.05, 0.1) is 18.2 Å². The van der Waals surface area contributed by atoms with E-state index in [-0.39, 0.29) is 11.7 Å². The van der Waals surface area contributed by atoms with Crippen molar-refractivity contribution in [2.75, 3.05) is 12.3 Å². The summed E-state index contributed by atoms with van der Waals surface area (Å²) >= 11 is 1.38. The lowest BCUT2D eigenvalue weighted by Gasteiger charge is -2.09. The molecule has 0 saturated heterocycles. The van der Waals surface area contributed by atoms with Crippen molar-refractivity contribution in [2.45, 2.75) is 25.4 Å². The molecule has 2 rings (SSSR count). The second kappa shape index (κ2) is 7.66. The number of nitrogens with one attached hydrogen (secondary N) is 1. The summed E-state index contributed by atoms with van der Waals surface area (Å²) in [7, 11) is 0. The molecule has 22 heavy (non-hydrogen) atoms. The van der Waals surface area contributed by atoms with Gasteiger partial charge in [-0.2, -0.15) is 5.26 Å². The van der Waals surface area contributed by atoms with E-state index >= 15 is 0 Å². The van der Waals surface area contributed by atoms with Crippen LogP contribution >= 0.6 is 11.8 Å². The van der Waals surface area contributed by atoms with Gasteiger partial charge in [0.25, 0.3) is 0 Å². The zero-order valence-electron chi connectivity index (χ0n) is 12.7. The predicted molar refractivity (Wildman–Crippen MR) is 87.0 cm³/mol. The van der Waals surface area contributed by atoms with E-state index in [4.69, 9.17) is 5.26 Å². The summed E-state index contributed by atoms with van der Waals surface area (Å²) in [5.74, 6) is 0.197. The highest BCUT2D eigenvalue weighted by Gasteiger charge is 2.09. The molecule has 5 nitrogen and oxygen atoms in total. The van der Waals surface area contributed by atoms with Gasteiger partial charge in [-0.05, 0) is 37.1 Å². The summed E-state index contributed by atoms with van der Waals surface area (Å²) < 4.78 is 1.98. The summed E-state index contributed by atoms with van der Waals surface area (Å²) in [6.07, 6.45) is 3.95. The number of nitriles is 1. The van der Waals surface area contributed by atoms with Crippen LogP contribution in [0.15, 0.2) is 35.7 Å². The molecule has 0 radical (unpaired) electrons. The summed E-state index contributed by atoms with van der Waals surface area (Å²) in [4.78, 5) is 16.0. The fraction of sp³-hybridized carbons (Fsp3) is 0.312. The van der Waals surface area contributed by atoms with Crippen molar-refractivity contribution in [2.24, 2.45) is 0 Å². The molecule has 1 heterocycles. The third-order valence-electron chi connectivity index (χ3n) is 2.98. The van der Waals surface area contributed by atoms with E-state index in [0.717, 1.165) is 10.8 Å². The van der Waals surface area contributed by atoms with Crippen molar-refractivity contribution in [3.63, 3.8) is 0 Å². The number of imidazole rings is 1. The van der Waals surface area contributed by atoms with Gasteiger partial charge in [-0.25, -0.2) is 4.98 Å². The van der Waals surface area contributed by atoms with E-state index in [1.807, 2.05) is 16.8 Å². The molecular formula is C16H18N4OS. The molecule has 0 aliphatic rings. The van der Waals surface area contributed by atoms with E-state index in [2.05, 4.69) is 42.3 Å². The minimum atomic E-state index is -0.0878. The lowest BCUT2D eigenvalue weighted by atomic mass is 10.1. The second-order valence-electron chi connectivity index (χ2n) is 4.97. The van der Waals surface area contributed by atoms with E-state index in [1.165, 1.54) is 22.9 Å². The molecule has 0 aliphatic carbocycles. The first-order valence-electron chi connectivity index (χ1n) is 6.98. The summed E-state index contributed by atoms with van der Waals surface area (Å²) in [5, 5.41) is 11.9. The summed E-state index contributed by atoms with van der Waals surface area (Å²) in [5.41, 5.74) is 3.42. The average molecular weight is 314 g/mol. The first kappa shape index (κ1) is 16.1. The van der Waals surface area contributed by atoms with Gasteiger partial charge in [-0.15, -0.1) is 0 Å². The Morgan fingerprint density at radius 3 is 2.77 bits per heavy atom. The van der Waals surface area contributed by atoms with Crippen LogP contribution in [0.5, 0.6) is 0 Å². The standard InChI is InChI=1S/C16H18N4OS/c1-12-8-13(2)10-14(9-12)20-7-6-19-16(20)22-11-15(21)18-5-3-4-17/h6-10H,3,5,11H2,1-2H3,(H,18,21). The van der Waals surface area contributed by atoms with Gasteiger partial charge in [0.1, 0.15) is 0 Å². The topological polar surface area (TPSA) is 70.7 Å². The normalized spacial score (nSPS) is 10.2. The largest absolute Gasteiger partial charge is 0.354 e. The molecule has 0 spiro atoms. The van der Waals surface area contributed by atoms with Crippen LogP contribution in [0.2, 0.25) is 0 Å². The van der Waals surface area contributed by atoms with Crippen LogP contribution in [0.1, 0.15) is 17.5 Å². The van der Waals surface area contributed by atoms with Crippen molar-refractivity contribution in [3.8, 4) is 11.8 Å². The average Bonchev–Trinajstić information content (AvgIpc) is 2.93. The van der Waals surface area contributed by atoms with Crippen molar-refractivity contribution < 1.29 is 4.79 Å². The van der Waals surface area contributed by atoms with Gasteiger partial charge < -0.3 is 5.32 Å². The number of nitrogens with zero attached hydrogens (tertiary/aromatic N) is 3. The third kappa shape index (κ3) is 4.37. The lowest BCUT2D eigenvalue weighted by Crippen LogP contribution is -2.26. The first-order chi connectivity index (χ1) is 10.6. The predicted octanol–water partition coefficient (Wildman–Crippen LogP) is 2.61. The zero-order chi connectivity index (χ0) is 15.9. The molecular weight excluding hydrogens is 296 g/mol. The Morgan fingerprint density at radius 1 is 1.36 bits per heavy atom. The van der Waals surface area contributed by atoms with Gasteiger partial charge in [0.2, 0.25) is 5.91 Å². The van der Waals surface area contributed by atoms with Crippen LogP contribution in [0.3, 0.4) is 0 Å². The Hall–Kier alpha value is -2.26. The molecule has 6 heteroatoms. The van der Waals surface area contributed by atoms with E-state index in [1.54, 1.807) is 6.20 Å². The number of hydrogen-bond acceptors (Lipinski definition) is 4. The number of amides is 1. The maximum atomic E-state index is 11.7. The molecule has 1 aromatic carbocycles.